The molecule has 0 saturated carbocycles. The molecule has 1 heterocycles. The molecule has 3 aromatic carbocycles. The van der Waals surface area contributed by atoms with Crippen molar-refractivity contribution in [1.29, 1.82) is 0 Å². The summed E-state index contributed by atoms with van der Waals surface area (Å²) in [6, 6.07) is 23.6. The minimum absolute atomic E-state index is 0.199. The molecule has 1 aliphatic heterocycles. The normalized spacial score (nSPS) is 19.7. The molecule has 0 radical (unpaired) electrons. The van der Waals surface area contributed by atoms with E-state index in [-0.39, 0.29) is 17.7 Å². The van der Waals surface area contributed by atoms with Gasteiger partial charge in [0.05, 0.1) is 12.3 Å². The molecule has 5 rings (SSSR count). The zero-order chi connectivity index (χ0) is 21.2. The van der Waals surface area contributed by atoms with Gasteiger partial charge in [-0.15, -0.1) is 0 Å². The van der Waals surface area contributed by atoms with Crippen LogP contribution in [0.4, 0.5) is 4.39 Å². The Labute approximate surface area is 190 Å². The largest absolute Gasteiger partial charge is 0.354 e. The summed E-state index contributed by atoms with van der Waals surface area (Å²) in [5, 5.41) is 3.41. The molecular formula is C26H23BrFN3. The van der Waals surface area contributed by atoms with Crippen LogP contribution in [0.15, 0.2) is 87.3 Å². The summed E-state index contributed by atoms with van der Waals surface area (Å²) in [6.07, 6.45) is 1.84. The quantitative estimate of drug-likeness (QED) is 0.513. The molecule has 0 fully saturated rings. The van der Waals surface area contributed by atoms with E-state index in [0.29, 0.717) is 5.96 Å². The number of aliphatic imine (C=N–C) groups is 2. The predicted molar refractivity (Wildman–Crippen MR) is 127 cm³/mol. The highest BCUT2D eigenvalue weighted by Gasteiger charge is 2.34. The van der Waals surface area contributed by atoms with Gasteiger partial charge < -0.3 is 5.32 Å². The third kappa shape index (κ3) is 4.19. The van der Waals surface area contributed by atoms with Crippen molar-refractivity contribution in [3.05, 3.63) is 105 Å². The van der Waals surface area contributed by atoms with Gasteiger partial charge in [0.15, 0.2) is 0 Å². The number of nitrogens with one attached hydrogen (secondary N) is 1. The third-order valence-electron chi connectivity index (χ3n) is 6.11. The van der Waals surface area contributed by atoms with Crippen LogP contribution in [-0.2, 0) is 6.42 Å². The molecule has 31 heavy (non-hydrogen) atoms. The van der Waals surface area contributed by atoms with Crippen LogP contribution in [0, 0.1) is 11.7 Å². The second kappa shape index (κ2) is 8.75. The Morgan fingerprint density at radius 1 is 0.968 bits per heavy atom. The van der Waals surface area contributed by atoms with Crippen molar-refractivity contribution >= 4 is 27.6 Å². The van der Waals surface area contributed by atoms with Gasteiger partial charge in [-0.1, -0.05) is 70.5 Å². The Bertz CT molecular complexity index is 1150. The number of benzene rings is 3. The summed E-state index contributed by atoms with van der Waals surface area (Å²) in [6.45, 7) is 1.50. The SMILES string of the molecule is Fc1ccc(C2CC3CN=C(NCCc4ccccc4Br)N=C3c3ccccc32)cc1. The third-order valence-corrected chi connectivity index (χ3v) is 6.89. The highest BCUT2D eigenvalue weighted by molar-refractivity contribution is 9.10. The Morgan fingerprint density at radius 2 is 1.74 bits per heavy atom. The maximum absolute atomic E-state index is 13.4. The molecular weight excluding hydrogens is 453 g/mol. The van der Waals surface area contributed by atoms with Crippen LogP contribution in [0.25, 0.3) is 0 Å². The average Bonchev–Trinajstić information content (AvgIpc) is 2.80. The number of nitrogens with zero attached hydrogens (tertiary/aromatic N) is 2. The summed E-state index contributed by atoms with van der Waals surface area (Å²) >= 11 is 3.61. The maximum Gasteiger partial charge on any atom is 0.218 e. The Morgan fingerprint density at radius 3 is 2.58 bits per heavy atom. The van der Waals surface area contributed by atoms with Gasteiger partial charge in [0, 0.05) is 28.4 Å². The van der Waals surface area contributed by atoms with Crippen LogP contribution >= 0.6 is 15.9 Å². The van der Waals surface area contributed by atoms with Gasteiger partial charge in [-0.25, -0.2) is 9.38 Å². The van der Waals surface area contributed by atoms with Crippen molar-refractivity contribution < 1.29 is 4.39 Å². The van der Waals surface area contributed by atoms with E-state index in [1.807, 2.05) is 18.2 Å². The minimum atomic E-state index is -0.199. The van der Waals surface area contributed by atoms with Gasteiger partial charge >= 0.3 is 0 Å². The van der Waals surface area contributed by atoms with Crippen LogP contribution in [0.5, 0.6) is 0 Å². The smallest absolute Gasteiger partial charge is 0.218 e. The van der Waals surface area contributed by atoms with E-state index in [9.17, 15) is 4.39 Å². The van der Waals surface area contributed by atoms with Crippen molar-refractivity contribution in [2.45, 2.75) is 18.8 Å². The average molecular weight is 476 g/mol. The first kappa shape index (κ1) is 20.1. The van der Waals surface area contributed by atoms with E-state index in [0.717, 1.165) is 41.7 Å². The van der Waals surface area contributed by atoms with E-state index in [4.69, 9.17) is 9.98 Å². The van der Waals surface area contributed by atoms with Crippen LogP contribution in [0.1, 0.15) is 34.6 Å². The first-order valence-electron chi connectivity index (χ1n) is 10.6. The summed E-state index contributed by atoms with van der Waals surface area (Å²) in [5.74, 6) is 1.03. The van der Waals surface area contributed by atoms with Crippen molar-refractivity contribution in [3.8, 4) is 0 Å². The van der Waals surface area contributed by atoms with Gasteiger partial charge in [-0.05, 0) is 47.7 Å². The van der Waals surface area contributed by atoms with Crippen LogP contribution < -0.4 is 5.32 Å². The Balaban J connectivity index is 1.36. The fraction of sp³-hybridized carbons (Fsp3) is 0.231. The first-order valence-corrected chi connectivity index (χ1v) is 11.4. The number of fused-ring (bicyclic) bond motifs is 3. The van der Waals surface area contributed by atoms with E-state index in [1.165, 1.54) is 16.7 Å². The highest BCUT2D eigenvalue weighted by Crippen LogP contribution is 2.40. The summed E-state index contributed by atoms with van der Waals surface area (Å²) < 4.78 is 14.6. The van der Waals surface area contributed by atoms with Gasteiger partial charge in [0.25, 0.3) is 0 Å². The molecule has 1 aliphatic carbocycles. The van der Waals surface area contributed by atoms with Crippen molar-refractivity contribution in [1.82, 2.24) is 5.32 Å². The summed E-state index contributed by atoms with van der Waals surface area (Å²) in [5.41, 5.74) is 5.98. The maximum atomic E-state index is 13.4. The molecule has 0 amide bonds. The fourth-order valence-corrected chi connectivity index (χ4v) is 5.04. The Hall–Kier alpha value is -2.79. The minimum Gasteiger partial charge on any atom is -0.354 e. The molecule has 2 aliphatic rings. The lowest BCUT2D eigenvalue weighted by Crippen LogP contribution is -2.36. The van der Waals surface area contributed by atoms with Gasteiger partial charge in [-0.2, -0.15) is 0 Å². The fourth-order valence-electron chi connectivity index (χ4n) is 4.55. The molecule has 3 aromatic rings. The molecule has 2 atom stereocenters. The molecule has 2 unspecified atom stereocenters. The van der Waals surface area contributed by atoms with E-state index in [2.05, 4.69) is 63.7 Å². The second-order valence-corrected chi connectivity index (χ2v) is 8.91. The van der Waals surface area contributed by atoms with E-state index in [1.54, 1.807) is 12.1 Å². The van der Waals surface area contributed by atoms with Crippen molar-refractivity contribution in [3.63, 3.8) is 0 Å². The standard InChI is InChI=1S/C26H23BrFN3/c27-24-8-4-1-5-18(24)13-14-29-26-30-16-19-15-23(17-9-11-20(28)12-10-17)21-6-2-3-7-22(21)25(19)31-26/h1-12,19,23H,13-16H2,(H,29,30). The Kier molecular flexibility index (Phi) is 5.68. The summed E-state index contributed by atoms with van der Waals surface area (Å²) in [7, 11) is 0. The molecule has 5 heteroatoms. The van der Waals surface area contributed by atoms with E-state index < -0.39 is 0 Å². The van der Waals surface area contributed by atoms with Gasteiger partial charge in [0.1, 0.15) is 5.82 Å². The van der Waals surface area contributed by atoms with Gasteiger partial charge in [-0.3, -0.25) is 4.99 Å². The number of hydrogen-bond acceptors (Lipinski definition) is 3. The summed E-state index contributed by atoms with van der Waals surface area (Å²) in [4.78, 5) is 9.65. The van der Waals surface area contributed by atoms with Crippen LogP contribution in [0.2, 0.25) is 0 Å². The zero-order valence-corrected chi connectivity index (χ0v) is 18.6. The van der Waals surface area contributed by atoms with Crippen LogP contribution in [-0.4, -0.2) is 24.8 Å². The van der Waals surface area contributed by atoms with Crippen molar-refractivity contribution in [2.24, 2.45) is 15.9 Å². The number of rotatable bonds is 4. The van der Waals surface area contributed by atoms with Crippen LogP contribution in [0.3, 0.4) is 0 Å². The number of halogens is 2. The molecule has 0 bridgehead atoms. The molecule has 3 nitrogen and oxygen atoms in total. The molecule has 0 aromatic heterocycles. The second-order valence-electron chi connectivity index (χ2n) is 8.05. The zero-order valence-electron chi connectivity index (χ0n) is 17.1. The highest BCUT2D eigenvalue weighted by atomic mass is 79.9. The molecule has 156 valence electrons. The van der Waals surface area contributed by atoms with E-state index >= 15 is 0 Å². The number of guanidine groups is 1. The predicted octanol–water partition coefficient (Wildman–Crippen LogP) is 5.73. The first-order chi connectivity index (χ1) is 15.2. The number of hydrogen-bond donors (Lipinski definition) is 1. The lowest BCUT2D eigenvalue weighted by molar-refractivity contribution is 0.559. The monoisotopic (exact) mass is 475 g/mol. The molecule has 1 N–H and O–H groups in total. The lowest BCUT2D eigenvalue weighted by Gasteiger charge is -2.34. The molecule has 0 saturated heterocycles. The van der Waals surface area contributed by atoms with Gasteiger partial charge in [0.2, 0.25) is 5.96 Å². The van der Waals surface area contributed by atoms with Crippen molar-refractivity contribution in [2.75, 3.05) is 13.1 Å². The lowest BCUT2D eigenvalue weighted by atomic mass is 9.72. The molecule has 0 spiro atoms. The topological polar surface area (TPSA) is 36.8 Å².